The molecule has 0 fully saturated rings. The van der Waals surface area contributed by atoms with Gasteiger partial charge in [0.05, 0.1) is 57.7 Å². The van der Waals surface area contributed by atoms with Crippen molar-refractivity contribution in [2.75, 3.05) is 17.3 Å². The summed E-state index contributed by atoms with van der Waals surface area (Å²) in [6.45, 7) is 3.04. The number of nitrogens with one attached hydrogen (secondary N) is 4. The van der Waals surface area contributed by atoms with Crippen molar-refractivity contribution < 1.29 is 14.3 Å². The molecule has 0 radical (unpaired) electrons. The minimum absolute atomic E-state index is 0.207. The summed E-state index contributed by atoms with van der Waals surface area (Å²) in [5.41, 5.74) is 10.4. The number of carbonyl (C=O) groups is 1. The van der Waals surface area contributed by atoms with Crippen LogP contribution in [0, 0.1) is 11.3 Å². The van der Waals surface area contributed by atoms with Gasteiger partial charge in [0.15, 0.2) is 0 Å². The molecule has 1 amide bonds. The lowest BCUT2D eigenvalue weighted by Gasteiger charge is -2.22. The Kier molecular flexibility index (Phi) is 6.20. The highest BCUT2D eigenvalue weighted by Gasteiger charge is 2.27. The molecule has 1 aliphatic rings. The van der Waals surface area contributed by atoms with Crippen LogP contribution in [0.1, 0.15) is 35.3 Å². The maximum absolute atomic E-state index is 14.3. The molecule has 4 aromatic rings. The second kappa shape index (κ2) is 9.50. The Morgan fingerprint density at radius 3 is 2.89 bits per heavy atom. The fraction of sp³-hybridized carbons (Fsp3) is 0.231. The number of hydrogen-bond acceptors (Lipinski definition) is 8. The third-order valence-electron chi connectivity index (χ3n) is 6.14. The number of hydrazine groups is 1. The van der Waals surface area contributed by atoms with Crippen LogP contribution >= 0.6 is 0 Å². The Hall–Kier alpha value is -4.53. The van der Waals surface area contributed by atoms with Gasteiger partial charge in [0.1, 0.15) is 12.2 Å². The number of alkyl halides is 1. The molecule has 188 valence electrons. The standard InChI is InChI=1S/C26H25FN8O2/c1-26(2,37)24(27)14-30-25(36)19-13-29-22(23-6-5-18-7-15(10-28)11-32-35(18)23)9-21(19)33-17-4-3-16-12-31-34-20(16)8-17/h3-9,11,13,24,31,34,37H,12,14H2,1-2H3,(H,29,33)(H,30,36)/t24-/m1/s1. The number of aliphatic hydroxyl groups is 1. The van der Waals surface area contributed by atoms with Crippen LogP contribution in [-0.4, -0.2) is 43.9 Å². The third kappa shape index (κ3) is 4.93. The van der Waals surface area contributed by atoms with Crippen molar-refractivity contribution in [3.8, 4) is 17.5 Å². The number of anilines is 3. The van der Waals surface area contributed by atoms with Gasteiger partial charge in [-0.25, -0.2) is 14.3 Å². The van der Waals surface area contributed by atoms with E-state index < -0.39 is 17.7 Å². The van der Waals surface area contributed by atoms with Crippen LogP contribution in [-0.2, 0) is 6.54 Å². The molecule has 0 bridgehead atoms. The molecule has 5 rings (SSSR count). The minimum Gasteiger partial charge on any atom is -0.387 e. The van der Waals surface area contributed by atoms with Gasteiger partial charge in [-0.3, -0.25) is 9.78 Å². The van der Waals surface area contributed by atoms with Gasteiger partial charge in [0.2, 0.25) is 0 Å². The van der Waals surface area contributed by atoms with Crippen molar-refractivity contribution in [1.29, 1.82) is 5.26 Å². The molecule has 0 aliphatic carbocycles. The zero-order chi connectivity index (χ0) is 26.2. The van der Waals surface area contributed by atoms with Gasteiger partial charge in [-0.2, -0.15) is 10.4 Å². The van der Waals surface area contributed by atoms with Crippen molar-refractivity contribution in [3.05, 3.63) is 71.5 Å². The maximum Gasteiger partial charge on any atom is 0.255 e. The summed E-state index contributed by atoms with van der Waals surface area (Å²) in [4.78, 5) is 17.5. The van der Waals surface area contributed by atoms with E-state index in [1.807, 2.05) is 30.3 Å². The Bertz CT molecular complexity index is 1540. The highest BCUT2D eigenvalue weighted by molar-refractivity contribution is 6.00. The highest BCUT2D eigenvalue weighted by atomic mass is 19.1. The average Bonchev–Trinajstić information content (AvgIpc) is 3.52. The van der Waals surface area contributed by atoms with Crippen molar-refractivity contribution in [2.24, 2.45) is 0 Å². The van der Waals surface area contributed by atoms with Crippen LogP contribution in [0.25, 0.3) is 16.9 Å². The Morgan fingerprint density at radius 1 is 1.27 bits per heavy atom. The Morgan fingerprint density at radius 2 is 2.11 bits per heavy atom. The predicted molar refractivity (Wildman–Crippen MR) is 137 cm³/mol. The minimum atomic E-state index is -1.65. The summed E-state index contributed by atoms with van der Waals surface area (Å²) in [6.07, 6.45) is 1.24. The molecule has 0 spiro atoms. The number of aromatic nitrogens is 3. The Balaban J connectivity index is 1.51. The third-order valence-corrected chi connectivity index (χ3v) is 6.14. The smallest absolute Gasteiger partial charge is 0.255 e. The van der Waals surface area contributed by atoms with E-state index in [1.165, 1.54) is 26.2 Å². The van der Waals surface area contributed by atoms with Gasteiger partial charge in [-0.05, 0) is 55.8 Å². The molecule has 0 unspecified atom stereocenters. The van der Waals surface area contributed by atoms with Crippen LogP contribution in [0.4, 0.5) is 21.5 Å². The van der Waals surface area contributed by atoms with E-state index in [1.54, 1.807) is 16.6 Å². The summed E-state index contributed by atoms with van der Waals surface area (Å²) in [5, 5.41) is 29.2. The van der Waals surface area contributed by atoms with Crippen LogP contribution in [0.2, 0.25) is 0 Å². The number of pyridine rings is 1. The SMILES string of the molecule is CC(C)(O)[C@H](F)CNC(=O)c1cnc(-c2ccc3cc(C#N)cnn23)cc1Nc1ccc2c(c1)NNC2. The average molecular weight is 501 g/mol. The number of fused-ring (bicyclic) bond motifs is 2. The van der Waals surface area contributed by atoms with Crippen molar-refractivity contribution in [2.45, 2.75) is 32.2 Å². The van der Waals surface area contributed by atoms with Gasteiger partial charge in [-0.1, -0.05) is 6.07 Å². The molecular weight excluding hydrogens is 475 g/mol. The number of benzene rings is 1. The van der Waals surface area contributed by atoms with Gasteiger partial charge in [0.25, 0.3) is 5.91 Å². The number of hydrogen-bond donors (Lipinski definition) is 5. The molecule has 4 heterocycles. The maximum atomic E-state index is 14.3. The van der Waals surface area contributed by atoms with Crippen LogP contribution < -0.4 is 21.5 Å². The molecule has 1 aliphatic heterocycles. The second-order valence-electron chi connectivity index (χ2n) is 9.33. The lowest BCUT2D eigenvalue weighted by Crippen LogP contribution is -2.42. The lowest BCUT2D eigenvalue weighted by atomic mass is 10.0. The predicted octanol–water partition coefficient (Wildman–Crippen LogP) is 3.28. The number of nitrogens with zero attached hydrogens (tertiary/aromatic N) is 4. The van der Waals surface area contributed by atoms with Crippen molar-refractivity contribution in [3.63, 3.8) is 0 Å². The largest absolute Gasteiger partial charge is 0.387 e. The zero-order valence-corrected chi connectivity index (χ0v) is 20.2. The van der Waals surface area contributed by atoms with Gasteiger partial charge < -0.3 is 21.2 Å². The molecular formula is C26H25FN8O2. The van der Waals surface area contributed by atoms with E-state index >= 15 is 0 Å². The quantitative estimate of drug-likeness (QED) is 0.261. The highest BCUT2D eigenvalue weighted by Crippen LogP contribution is 2.30. The second-order valence-corrected chi connectivity index (χ2v) is 9.33. The molecule has 37 heavy (non-hydrogen) atoms. The molecule has 10 nitrogen and oxygen atoms in total. The van der Waals surface area contributed by atoms with E-state index in [4.69, 9.17) is 5.26 Å². The van der Waals surface area contributed by atoms with E-state index in [9.17, 15) is 14.3 Å². The van der Waals surface area contributed by atoms with E-state index in [0.29, 0.717) is 29.2 Å². The van der Waals surface area contributed by atoms with Crippen molar-refractivity contribution in [1.82, 2.24) is 25.3 Å². The number of nitriles is 1. The van der Waals surface area contributed by atoms with E-state index in [2.05, 4.69) is 37.6 Å². The summed E-state index contributed by atoms with van der Waals surface area (Å²) < 4.78 is 15.9. The zero-order valence-electron chi connectivity index (χ0n) is 20.2. The monoisotopic (exact) mass is 500 g/mol. The van der Waals surface area contributed by atoms with Crippen molar-refractivity contribution >= 4 is 28.5 Å². The fourth-order valence-electron chi connectivity index (χ4n) is 3.98. The van der Waals surface area contributed by atoms with Crippen LogP contribution in [0.15, 0.2) is 54.9 Å². The first-order valence-electron chi connectivity index (χ1n) is 11.6. The molecule has 5 N–H and O–H groups in total. The Labute approximate surface area is 212 Å². The summed E-state index contributed by atoms with van der Waals surface area (Å²) >= 11 is 0. The summed E-state index contributed by atoms with van der Waals surface area (Å²) in [6, 6.07) is 15.0. The number of halogens is 1. The van der Waals surface area contributed by atoms with Crippen LogP contribution in [0.3, 0.4) is 0 Å². The van der Waals surface area contributed by atoms with E-state index in [0.717, 1.165) is 22.5 Å². The summed E-state index contributed by atoms with van der Waals surface area (Å²) in [5.74, 6) is -0.536. The first-order valence-corrected chi connectivity index (χ1v) is 11.6. The molecule has 1 aromatic carbocycles. The molecule has 11 heteroatoms. The normalized spacial score (nSPS) is 13.5. The topological polar surface area (TPSA) is 139 Å². The molecule has 1 atom stereocenters. The number of carbonyl (C=O) groups excluding carboxylic acids is 1. The van der Waals surface area contributed by atoms with Crippen LogP contribution in [0.5, 0.6) is 0 Å². The molecule has 3 aromatic heterocycles. The van der Waals surface area contributed by atoms with Gasteiger partial charge in [0, 0.05) is 18.4 Å². The number of amides is 1. The first kappa shape index (κ1) is 24.2. The van der Waals surface area contributed by atoms with Gasteiger partial charge >= 0.3 is 0 Å². The molecule has 0 saturated carbocycles. The number of rotatable bonds is 7. The fourth-order valence-corrected chi connectivity index (χ4v) is 3.98. The molecule has 0 saturated heterocycles. The first-order chi connectivity index (χ1) is 17.7. The van der Waals surface area contributed by atoms with Gasteiger partial charge in [-0.15, -0.1) is 0 Å². The summed E-state index contributed by atoms with van der Waals surface area (Å²) in [7, 11) is 0. The lowest BCUT2D eigenvalue weighted by molar-refractivity contribution is -0.00177. The van der Waals surface area contributed by atoms with E-state index in [-0.39, 0.29) is 12.1 Å².